The maximum atomic E-state index is 8.57. The molecular formula is C8H20N2O2. The topological polar surface area (TPSA) is 58.7 Å². The predicted molar refractivity (Wildman–Crippen MR) is 49.1 cm³/mol. The summed E-state index contributed by atoms with van der Waals surface area (Å²) >= 11 is 0. The van der Waals surface area contributed by atoms with Crippen LogP contribution in [0.4, 0.5) is 0 Å². The van der Waals surface area contributed by atoms with E-state index in [2.05, 4.69) is 4.90 Å². The van der Waals surface area contributed by atoms with Gasteiger partial charge in [0.1, 0.15) is 0 Å². The summed E-state index contributed by atoms with van der Waals surface area (Å²) < 4.78 is 4.91. The fourth-order valence-electron chi connectivity index (χ4n) is 1.10. The van der Waals surface area contributed by atoms with Gasteiger partial charge in [-0.3, -0.25) is 0 Å². The minimum Gasteiger partial charge on any atom is -0.396 e. The summed E-state index contributed by atoms with van der Waals surface area (Å²) in [6.45, 7) is 2.52. The van der Waals surface area contributed by atoms with Crippen LogP contribution >= 0.6 is 0 Å². The van der Waals surface area contributed by atoms with Crippen molar-refractivity contribution in [2.45, 2.75) is 12.5 Å². The lowest BCUT2D eigenvalue weighted by atomic mass is 10.3. The number of aliphatic hydroxyl groups excluding tert-OH is 1. The maximum Gasteiger partial charge on any atom is 0.0626 e. The van der Waals surface area contributed by atoms with Crippen molar-refractivity contribution in [1.29, 1.82) is 0 Å². The number of nitrogens with zero attached hydrogens (tertiary/aromatic N) is 1. The molecule has 0 spiro atoms. The molecule has 4 heteroatoms. The average molecular weight is 176 g/mol. The van der Waals surface area contributed by atoms with Gasteiger partial charge in [0.15, 0.2) is 0 Å². The first-order valence-electron chi connectivity index (χ1n) is 4.24. The van der Waals surface area contributed by atoms with Crippen molar-refractivity contribution in [2.75, 3.05) is 40.5 Å². The van der Waals surface area contributed by atoms with Gasteiger partial charge in [-0.2, -0.15) is 0 Å². The Kier molecular flexibility index (Phi) is 7.39. The zero-order chi connectivity index (χ0) is 9.40. The van der Waals surface area contributed by atoms with Crippen LogP contribution in [0.25, 0.3) is 0 Å². The Hall–Kier alpha value is -0.160. The van der Waals surface area contributed by atoms with E-state index in [-0.39, 0.29) is 12.6 Å². The molecule has 0 radical (unpaired) electrons. The minimum absolute atomic E-state index is 0.0682. The van der Waals surface area contributed by atoms with Crippen molar-refractivity contribution in [3.05, 3.63) is 0 Å². The van der Waals surface area contributed by atoms with Gasteiger partial charge in [-0.15, -0.1) is 0 Å². The summed E-state index contributed by atoms with van der Waals surface area (Å²) in [5, 5.41) is 8.57. The Labute approximate surface area is 74.3 Å². The van der Waals surface area contributed by atoms with Crippen LogP contribution in [0.1, 0.15) is 6.42 Å². The van der Waals surface area contributed by atoms with E-state index in [0.717, 1.165) is 19.5 Å². The molecule has 74 valence electrons. The largest absolute Gasteiger partial charge is 0.396 e. The van der Waals surface area contributed by atoms with Gasteiger partial charge in [0, 0.05) is 32.8 Å². The molecule has 3 N–H and O–H groups in total. The third-order valence-electron chi connectivity index (χ3n) is 1.62. The SMILES string of the molecule is COCC(N)CN(C)CCCO. The lowest BCUT2D eigenvalue weighted by molar-refractivity contribution is 0.158. The molecule has 0 amide bonds. The van der Waals surface area contributed by atoms with E-state index < -0.39 is 0 Å². The first kappa shape index (κ1) is 11.8. The number of ether oxygens (including phenoxy) is 1. The van der Waals surface area contributed by atoms with Crippen molar-refractivity contribution in [2.24, 2.45) is 5.73 Å². The highest BCUT2D eigenvalue weighted by Crippen LogP contribution is 1.89. The molecule has 0 fully saturated rings. The second-order valence-corrected chi connectivity index (χ2v) is 3.05. The molecule has 12 heavy (non-hydrogen) atoms. The Morgan fingerprint density at radius 1 is 1.58 bits per heavy atom. The van der Waals surface area contributed by atoms with E-state index in [0.29, 0.717) is 6.61 Å². The van der Waals surface area contributed by atoms with E-state index in [1.807, 2.05) is 7.05 Å². The van der Waals surface area contributed by atoms with Gasteiger partial charge in [0.2, 0.25) is 0 Å². The molecule has 0 rings (SSSR count). The number of nitrogens with two attached hydrogens (primary N) is 1. The molecule has 0 bridgehead atoms. The second-order valence-electron chi connectivity index (χ2n) is 3.05. The van der Waals surface area contributed by atoms with E-state index in [4.69, 9.17) is 15.6 Å². The molecule has 0 saturated heterocycles. The molecule has 0 aromatic heterocycles. The number of likely N-dealkylation sites (N-methyl/N-ethyl adjacent to an activating group) is 1. The fraction of sp³-hybridized carbons (Fsp3) is 1.00. The van der Waals surface area contributed by atoms with Gasteiger partial charge in [-0.25, -0.2) is 0 Å². The number of hydrogen-bond acceptors (Lipinski definition) is 4. The lowest BCUT2D eigenvalue weighted by Gasteiger charge is -2.20. The Morgan fingerprint density at radius 2 is 2.25 bits per heavy atom. The average Bonchev–Trinajstić information content (AvgIpc) is 2.01. The molecule has 0 aliphatic heterocycles. The molecular weight excluding hydrogens is 156 g/mol. The highest BCUT2D eigenvalue weighted by atomic mass is 16.5. The third kappa shape index (κ3) is 6.54. The second kappa shape index (κ2) is 7.49. The van der Waals surface area contributed by atoms with Gasteiger partial charge in [0.05, 0.1) is 6.61 Å². The third-order valence-corrected chi connectivity index (χ3v) is 1.62. The van der Waals surface area contributed by atoms with E-state index in [9.17, 15) is 0 Å². The van der Waals surface area contributed by atoms with Crippen molar-refractivity contribution in [3.8, 4) is 0 Å². The number of aliphatic hydroxyl groups is 1. The summed E-state index contributed by atoms with van der Waals surface area (Å²) in [6.07, 6.45) is 0.802. The highest BCUT2D eigenvalue weighted by molar-refractivity contribution is 4.64. The van der Waals surface area contributed by atoms with Crippen molar-refractivity contribution >= 4 is 0 Å². The van der Waals surface area contributed by atoms with Gasteiger partial charge < -0.3 is 20.5 Å². The first-order chi connectivity index (χ1) is 5.70. The van der Waals surface area contributed by atoms with Gasteiger partial charge in [-0.1, -0.05) is 0 Å². The van der Waals surface area contributed by atoms with Crippen molar-refractivity contribution < 1.29 is 9.84 Å². The number of hydrogen-bond donors (Lipinski definition) is 2. The molecule has 0 aromatic carbocycles. The summed E-state index contributed by atoms with van der Waals surface area (Å²) in [5.41, 5.74) is 5.73. The molecule has 0 heterocycles. The van der Waals surface area contributed by atoms with Gasteiger partial charge >= 0.3 is 0 Å². The van der Waals surface area contributed by atoms with Crippen LogP contribution in [0.3, 0.4) is 0 Å². The van der Waals surface area contributed by atoms with Crippen LogP contribution in [0.15, 0.2) is 0 Å². The van der Waals surface area contributed by atoms with Crippen LogP contribution in [-0.4, -0.2) is 56.5 Å². The summed E-state index contributed by atoms with van der Waals surface area (Å²) in [4.78, 5) is 2.10. The fourth-order valence-corrected chi connectivity index (χ4v) is 1.10. The van der Waals surface area contributed by atoms with Crippen molar-refractivity contribution in [1.82, 2.24) is 4.90 Å². The molecule has 0 saturated carbocycles. The first-order valence-corrected chi connectivity index (χ1v) is 4.24. The minimum atomic E-state index is 0.0682. The quantitative estimate of drug-likeness (QED) is 0.537. The standard InChI is InChI=1S/C8H20N2O2/c1-10(4-3-5-11)6-8(9)7-12-2/h8,11H,3-7,9H2,1-2H3. The maximum absolute atomic E-state index is 8.57. The van der Waals surface area contributed by atoms with Gasteiger partial charge in [-0.05, 0) is 13.5 Å². The number of rotatable bonds is 7. The van der Waals surface area contributed by atoms with Crippen LogP contribution in [-0.2, 0) is 4.74 Å². The van der Waals surface area contributed by atoms with Gasteiger partial charge in [0.25, 0.3) is 0 Å². The van der Waals surface area contributed by atoms with Crippen LogP contribution in [0, 0.1) is 0 Å². The highest BCUT2D eigenvalue weighted by Gasteiger charge is 2.05. The Morgan fingerprint density at radius 3 is 2.75 bits per heavy atom. The van der Waals surface area contributed by atoms with E-state index >= 15 is 0 Å². The van der Waals surface area contributed by atoms with Crippen molar-refractivity contribution in [3.63, 3.8) is 0 Å². The van der Waals surface area contributed by atoms with Crippen LogP contribution in [0.5, 0.6) is 0 Å². The molecule has 0 aromatic rings. The van der Waals surface area contributed by atoms with Crippen LogP contribution < -0.4 is 5.73 Å². The zero-order valence-electron chi connectivity index (χ0n) is 7.99. The van der Waals surface area contributed by atoms with Crippen LogP contribution in [0.2, 0.25) is 0 Å². The Bertz CT molecular complexity index is 101. The predicted octanol–water partition coefficient (Wildman–Crippen LogP) is -0.726. The monoisotopic (exact) mass is 176 g/mol. The smallest absolute Gasteiger partial charge is 0.0626 e. The van der Waals surface area contributed by atoms with E-state index in [1.165, 1.54) is 0 Å². The summed E-state index contributed by atoms with van der Waals surface area (Å²) in [7, 11) is 3.64. The molecule has 4 nitrogen and oxygen atoms in total. The molecule has 0 aliphatic carbocycles. The normalized spacial score (nSPS) is 13.8. The molecule has 0 aliphatic rings. The number of methoxy groups -OCH3 is 1. The Balaban J connectivity index is 3.33. The summed E-state index contributed by atoms with van der Waals surface area (Å²) in [5.74, 6) is 0. The lowest BCUT2D eigenvalue weighted by Crippen LogP contribution is -2.38. The van der Waals surface area contributed by atoms with E-state index in [1.54, 1.807) is 7.11 Å². The summed E-state index contributed by atoms with van der Waals surface area (Å²) in [6, 6.07) is 0.0682. The molecule has 1 unspecified atom stereocenters. The molecule has 1 atom stereocenters. The zero-order valence-corrected chi connectivity index (χ0v) is 7.99.